The van der Waals surface area contributed by atoms with Crippen LogP contribution in [0.15, 0.2) is 41.3 Å². The summed E-state index contributed by atoms with van der Waals surface area (Å²) in [4.78, 5) is 11.8. The average molecular weight is 306 g/mol. The third-order valence-electron chi connectivity index (χ3n) is 3.10. The standard InChI is InChI=1S/C15H16BrNO/c1-3-12-6-4-5-7-14(12)17-10-13(9-16)15(18)8-11(17)2/h4-8,10H,3,9H2,1-2H3. The van der Waals surface area contributed by atoms with Gasteiger partial charge in [-0.3, -0.25) is 4.79 Å². The lowest BCUT2D eigenvalue weighted by molar-refractivity contribution is 0.932. The van der Waals surface area contributed by atoms with Crippen molar-refractivity contribution in [1.82, 2.24) is 4.57 Å². The van der Waals surface area contributed by atoms with Gasteiger partial charge in [0.25, 0.3) is 0 Å². The van der Waals surface area contributed by atoms with E-state index in [0.717, 1.165) is 23.4 Å². The Kier molecular flexibility index (Phi) is 4.02. The van der Waals surface area contributed by atoms with Crippen LogP contribution in [0.1, 0.15) is 23.7 Å². The molecule has 18 heavy (non-hydrogen) atoms. The monoisotopic (exact) mass is 305 g/mol. The maximum atomic E-state index is 11.8. The van der Waals surface area contributed by atoms with Gasteiger partial charge in [-0.05, 0) is 25.0 Å². The van der Waals surface area contributed by atoms with Crippen molar-refractivity contribution in [3.8, 4) is 5.69 Å². The van der Waals surface area contributed by atoms with Crippen LogP contribution in [-0.2, 0) is 11.8 Å². The van der Waals surface area contributed by atoms with E-state index in [4.69, 9.17) is 0 Å². The first-order valence-corrected chi connectivity index (χ1v) is 7.16. The van der Waals surface area contributed by atoms with E-state index in [1.54, 1.807) is 6.07 Å². The zero-order chi connectivity index (χ0) is 13.1. The summed E-state index contributed by atoms with van der Waals surface area (Å²) in [7, 11) is 0. The van der Waals surface area contributed by atoms with Gasteiger partial charge >= 0.3 is 0 Å². The van der Waals surface area contributed by atoms with Crippen LogP contribution >= 0.6 is 15.9 Å². The molecule has 0 radical (unpaired) electrons. The number of hydrogen-bond acceptors (Lipinski definition) is 1. The zero-order valence-electron chi connectivity index (χ0n) is 10.6. The number of aryl methyl sites for hydroxylation is 2. The summed E-state index contributed by atoms with van der Waals surface area (Å²) in [5.74, 6) is 0. The molecule has 3 heteroatoms. The van der Waals surface area contributed by atoms with Crippen molar-refractivity contribution in [2.45, 2.75) is 25.6 Å². The molecule has 2 aromatic rings. The molecule has 0 saturated heterocycles. The molecule has 1 aromatic heterocycles. The number of nitrogens with zero attached hydrogens (tertiary/aromatic N) is 1. The molecule has 0 amide bonds. The first-order valence-electron chi connectivity index (χ1n) is 6.03. The van der Waals surface area contributed by atoms with Crippen LogP contribution in [0.4, 0.5) is 0 Å². The molecule has 1 heterocycles. The molecule has 1 aromatic carbocycles. The summed E-state index contributed by atoms with van der Waals surface area (Å²) in [6.45, 7) is 4.11. The Morgan fingerprint density at radius 3 is 2.61 bits per heavy atom. The van der Waals surface area contributed by atoms with Crippen LogP contribution in [0.5, 0.6) is 0 Å². The lowest BCUT2D eigenvalue weighted by Gasteiger charge is -2.15. The molecule has 0 spiro atoms. The number of pyridine rings is 1. The van der Waals surface area contributed by atoms with Crippen molar-refractivity contribution in [2.24, 2.45) is 0 Å². The van der Waals surface area contributed by atoms with Gasteiger partial charge in [0.05, 0.1) is 0 Å². The minimum Gasteiger partial charge on any atom is -0.320 e. The third kappa shape index (κ3) is 2.41. The van der Waals surface area contributed by atoms with E-state index >= 15 is 0 Å². The van der Waals surface area contributed by atoms with Gasteiger partial charge in [0.2, 0.25) is 0 Å². The first-order chi connectivity index (χ1) is 8.67. The van der Waals surface area contributed by atoms with Crippen molar-refractivity contribution in [2.75, 3.05) is 0 Å². The molecule has 0 aliphatic heterocycles. The highest BCUT2D eigenvalue weighted by molar-refractivity contribution is 9.08. The van der Waals surface area contributed by atoms with E-state index < -0.39 is 0 Å². The van der Waals surface area contributed by atoms with Crippen molar-refractivity contribution in [3.05, 3.63) is 63.6 Å². The number of rotatable bonds is 3. The van der Waals surface area contributed by atoms with Crippen LogP contribution in [-0.4, -0.2) is 4.57 Å². The van der Waals surface area contributed by atoms with Gasteiger partial charge in [-0.25, -0.2) is 0 Å². The number of alkyl halides is 1. The molecule has 0 atom stereocenters. The maximum Gasteiger partial charge on any atom is 0.185 e. The van der Waals surface area contributed by atoms with E-state index in [9.17, 15) is 4.79 Å². The van der Waals surface area contributed by atoms with E-state index in [1.165, 1.54) is 5.56 Å². The van der Waals surface area contributed by atoms with Crippen LogP contribution in [0.25, 0.3) is 5.69 Å². The van der Waals surface area contributed by atoms with Crippen molar-refractivity contribution in [1.29, 1.82) is 0 Å². The second-order valence-corrected chi connectivity index (χ2v) is 4.85. The quantitative estimate of drug-likeness (QED) is 0.794. The number of halogens is 1. The predicted octanol–water partition coefficient (Wildman–Crippen LogP) is 3.60. The van der Waals surface area contributed by atoms with Gasteiger partial charge in [-0.1, -0.05) is 41.1 Å². The fourth-order valence-corrected chi connectivity index (χ4v) is 2.50. The second-order valence-electron chi connectivity index (χ2n) is 4.29. The van der Waals surface area contributed by atoms with Gasteiger partial charge in [0.1, 0.15) is 0 Å². The van der Waals surface area contributed by atoms with E-state index in [-0.39, 0.29) is 5.43 Å². The Morgan fingerprint density at radius 2 is 1.94 bits per heavy atom. The van der Waals surface area contributed by atoms with E-state index in [2.05, 4.69) is 39.6 Å². The largest absolute Gasteiger partial charge is 0.320 e. The van der Waals surface area contributed by atoms with E-state index in [0.29, 0.717) is 5.33 Å². The Balaban J connectivity index is 2.67. The Hall–Kier alpha value is -1.35. The molecule has 0 saturated carbocycles. The SMILES string of the molecule is CCc1ccccc1-n1cc(CBr)c(=O)cc1C. The lowest BCUT2D eigenvalue weighted by atomic mass is 10.1. The first kappa shape index (κ1) is 13.1. The number of benzene rings is 1. The molecule has 0 fully saturated rings. The molecular weight excluding hydrogens is 290 g/mol. The van der Waals surface area contributed by atoms with Gasteiger partial charge < -0.3 is 4.57 Å². The fourth-order valence-electron chi connectivity index (χ4n) is 2.08. The summed E-state index contributed by atoms with van der Waals surface area (Å²) >= 11 is 3.36. The molecule has 94 valence electrons. The molecule has 0 aliphatic carbocycles. The number of hydrogen-bond donors (Lipinski definition) is 0. The minimum atomic E-state index is 0.0922. The van der Waals surface area contributed by atoms with Crippen LogP contribution in [0.3, 0.4) is 0 Å². The van der Waals surface area contributed by atoms with E-state index in [1.807, 2.05) is 25.3 Å². The number of para-hydroxylation sites is 1. The van der Waals surface area contributed by atoms with Crippen LogP contribution in [0.2, 0.25) is 0 Å². The van der Waals surface area contributed by atoms with Gasteiger partial charge in [0, 0.05) is 34.5 Å². The van der Waals surface area contributed by atoms with Gasteiger partial charge in [0.15, 0.2) is 5.43 Å². The highest BCUT2D eigenvalue weighted by Gasteiger charge is 2.07. The highest BCUT2D eigenvalue weighted by Crippen LogP contribution is 2.17. The normalized spacial score (nSPS) is 10.6. The Labute approximate surface area is 115 Å². The molecule has 0 unspecified atom stereocenters. The van der Waals surface area contributed by atoms with Crippen molar-refractivity contribution in [3.63, 3.8) is 0 Å². The van der Waals surface area contributed by atoms with Gasteiger partial charge in [-0.2, -0.15) is 0 Å². The maximum absolute atomic E-state index is 11.8. The third-order valence-corrected chi connectivity index (χ3v) is 3.70. The minimum absolute atomic E-state index is 0.0922. The topological polar surface area (TPSA) is 22.0 Å². The second kappa shape index (κ2) is 5.53. The average Bonchev–Trinajstić information content (AvgIpc) is 2.39. The molecule has 0 aliphatic rings. The zero-order valence-corrected chi connectivity index (χ0v) is 12.2. The molecule has 0 N–H and O–H groups in total. The summed E-state index contributed by atoms with van der Waals surface area (Å²) in [5, 5.41) is 0.584. The smallest absolute Gasteiger partial charge is 0.185 e. The molecular formula is C15H16BrNO. The van der Waals surface area contributed by atoms with Crippen molar-refractivity contribution >= 4 is 15.9 Å². The lowest BCUT2D eigenvalue weighted by Crippen LogP contribution is -2.13. The summed E-state index contributed by atoms with van der Waals surface area (Å²) in [5.41, 5.74) is 4.27. The molecule has 0 bridgehead atoms. The van der Waals surface area contributed by atoms with Crippen molar-refractivity contribution < 1.29 is 0 Å². The summed E-state index contributed by atoms with van der Waals surface area (Å²) in [6.07, 6.45) is 2.91. The van der Waals surface area contributed by atoms with Gasteiger partial charge in [-0.15, -0.1) is 0 Å². The summed E-state index contributed by atoms with van der Waals surface area (Å²) in [6, 6.07) is 9.99. The highest BCUT2D eigenvalue weighted by atomic mass is 79.9. The van der Waals surface area contributed by atoms with Crippen LogP contribution in [0, 0.1) is 6.92 Å². The predicted molar refractivity (Wildman–Crippen MR) is 78.8 cm³/mol. The van der Waals surface area contributed by atoms with Crippen LogP contribution < -0.4 is 5.43 Å². The fraction of sp³-hybridized carbons (Fsp3) is 0.267. The molecule has 2 nitrogen and oxygen atoms in total. The number of aromatic nitrogens is 1. The summed E-state index contributed by atoms with van der Waals surface area (Å²) < 4.78 is 2.09. The Bertz CT molecular complexity index is 616. The molecule has 2 rings (SSSR count). The Morgan fingerprint density at radius 1 is 1.22 bits per heavy atom.